The SMILES string of the molecule is C=CCC=C(C)C(=O)OCC=C.O=C(O)CCC(=O)O. The molecular formula is C14H20O6. The maximum atomic E-state index is 11.0. The van der Waals surface area contributed by atoms with Crippen LogP contribution in [-0.4, -0.2) is 34.7 Å². The number of carbonyl (C=O) groups excluding carboxylic acids is 1. The Kier molecular flexibility index (Phi) is 13.0. The van der Waals surface area contributed by atoms with E-state index in [9.17, 15) is 14.4 Å². The van der Waals surface area contributed by atoms with E-state index in [1.54, 1.807) is 25.2 Å². The average molecular weight is 284 g/mol. The molecule has 6 nitrogen and oxygen atoms in total. The van der Waals surface area contributed by atoms with Crippen molar-refractivity contribution in [2.45, 2.75) is 26.2 Å². The molecule has 112 valence electrons. The standard InChI is InChI=1S/C10H14O2.C4H6O4/c1-4-6-7-9(3)10(11)12-8-5-2;5-3(6)1-2-4(7)8/h4-5,7H,1-2,6,8H2,3H3;1-2H2,(H,5,6)(H,7,8). The first-order chi connectivity index (χ1) is 9.34. The van der Waals surface area contributed by atoms with Crippen LogP contribution in [0.2, 0.25) is 0 Å². The van der Waals surface area contributed by atoms with Crippen molar-refractivity contribution in [3.63, 3.8) is 0 Å². The lowest BCUT2D eigenvalue weighted by molar-refractivity contribution is -0.143. The van der Waals surface area contributed by atoms with Gasteiger partial charge in [0.05, 0.1) is 12.8 Å². The summed E-state index contributed by atoms with van der Waals surface area (Å²) < 4.78 is 4.79. The van der Waals surface area contributed by atoms with Gasteiger partial charge < -0.3 is 14.9 Å². The van der Waals surface area contributed by atoms with Crippen LogP contribution in [0, 0.1) is 0 Å². The van der Waals surface area contributed by atoms with Crippen molar-refractivity contribution in [3.05, 3.63) is 37.0 Å². The van der Waals surface area contributed by atoms with Crippen LogP contribution < -0.4 is 0 Å². The van der Waals surface area contributed by atoms with E-state index >= 15 is 0 Å². The third-order valence-corrected chi connectivity index (χ3v) is 1.80. The molecule has 0 saturated carbocycles. The summed E-state index contributed by atoms with van der Waals surface area (Å²) in [5, 5.41) is 15.8. The molecule has 0 aromatic carbocycles. The van der Waals surface area contributed by atoms with E-state index in [-0.39, 0.29) is 25.4 Å². The first kappa shape index (κ1) is 20.0. The minimum absolute atomic E-state index is 0.262. The van der Waals surface area contributed by atoms with E-state index in [0.29, 0.717) is 12.0 Å². The van der Waals surface area contributed by atoms with E-state index in [1.807, 2.05) is 0 Å². The number of hydrogen-bond acceptors (Lipinski definition) is 4. The monoisotopic (exact) mass is 284 g/mol. The molecule has 0 atom stereocenters. The number of hydrogen-bond donors (Lipinski definition) is 2. The number of rotatable bonds is 8. The van der Waals surface area contributed by atoms with E-state index in [0.717, 1.165) is 0 Å². The van der Waals surface area contributed by atoms with Crippen molar-refractivity contribution in [3.8, 4) is 0 Å². The Morgan fingerprint density at radius 2 is 1.55 bits per heavy atom. The third kappa shape index (κ3) is 15.6. The quantitative estimate of drug-likeness (QED) is 0.402. The molecule has 0 fully saturated rings. The van der Waals surface area contributed by atoms with Gasteiger partial charge in [0, 0.05) is 5.57 Å². The Balaban J connectivity index is 0. The number of ether oxygens (including phenoxy) is 1. The van der Waals surface area contributed by atoms with Gasteiger partial charge in [-0.3, -0.25) is 9.59 Å². The smallest absolute Gasteiger partial charge is 0.333 e. The summed E-state index contributed by atoms with van der Waals surface area (Å²) in [7, 11) is 0. The Hall–Kier alpha value is -2.37. The zero-order valence-corrected chi connectivity index (χ0v) is 11.5. The molecule has 0 heterocycles. The molecular weight excluding hydrogens is 264 g/mol. The maximum absolute atomic E-state index is 11.0. The van der Waals surface area contributed by atoms with Crippen LogP contribution in [0.25, 0.3) is 0 Å². The van der Waals surface area contributed by atoms with Gasteiger partial charge >= 0.3 is 17.9 Å². The first-order valence-corrected chi connectivity index (χ1v) is 5.84. The topological polar surface area (TPSA) is 101 Å². The highest BCUT2D eigenvalue weighted by Gasteiger charge is 2.02. The lowest BCUT2D eigenvalue weighted by Crippen LogP contribution is -2.05. The van der Waals surface area contributed by atoms with E-state index in [4.69, 9.17) is 14.9 Å². The average Bonchev–Trinajstić information content (AvgIpc) is 2.40. The number of carboxylic acids is 2. The van der Waals surface area contributed by atoms with Crippen molar-refractivity contribution in [1.29, 1.82) is 0 Å². The minimum atomic E-state index is -1.08. The van der Waals surface area contributed by atoms with Crippen molar-refractivity contribution in [1.82, 2.24) is 0 Å². The molecule has 0 aliphatic heterocycles. The van der Waals surface area contributed by atoms with Gasteiger partial charge in [0.1, 0.15) is 6.61 Å². The lowest BCUT2D eigenvalue weighted by atomic mass is 10.2. The van der Waals surface area contributed by atoms with Gasteiger partial charge in [0.15, 0.2) is 0 Å². The van der Waals surface area contributed by atoms with Gasteiger partial charge in [0.25, 0.3) is 0 Å². The second-order valence-electron chi connectivity index (χ2n) is 3.59. The van der Waals surface area contributed by atoms with Gasteiger partial charge in [-0.2, -0.15) is 0 Å². The fraction of sp³-hybridized carbons (Fsp3) is 0.357. The van der Waals surface area contributed by atoms with Gasteiger partial charge in [-0.15, -0.1) is 6.58 Å². The molecule has 0 rings (SSSR count). The summed E-state index contributed by atoms with van der Waals surface area (Å²) in [6, 6.07) is 0. The Labute approximate surface area is 118 Å². The van der Waals surface area contributed by atoms with Crippen LogP contribution >= 0.6 is 0 Å². The van der Waals surface area contributed by atoms with Crippen molar-refractivity contribution in [2.75, 3.05) is 6.61 Å². The van der Waals surface area contributed by atoms with E-state index in [2.05, 4.69) is 13.2 Å². The van der Waals surface area contributed by atoms with Crippen LogP contribution in [0.3, 0.4) is 0 Å². The van der Waals surface area contributed by atoms with Crippen LogP contribution in [0.4, 0.5) is 0 Å². The highest BCUT2D eigenvalue weighted by molar-refractivity contribution is 5.87. The summed E-state index contributed by atoms with van der Waals surface area (Å²) in [5.74, 6) is -2.45. The molecule has 0 aliphatic carbocycles. The second kappa shape index (κ2) is 13.1. The predicted molar refractivity (Wildman–Crippen MR) is 74.2 cm³/mol. The Bertz CT molecular complexity index is 367. The molecule has 0 spiro atoms. The molecule has 0 aromatic rings. The zero-order chi connectivity index (χ0) is 16.0. The second-order valence-corrected chi connectivity index (χ2v) is 3.59. The summed E-state index contributed by atoms with van der Waals surface area (Å²) in [6.07, 6.45) is 5.14. The van der Waals surface area contributed by atoms with E-state index < -0.39 is 11.9 Å². The normalized spacial score (nSPS) is 9.75. The van der Waals surface area contributed by atoms with Crippen LogP contribution in [0.1, 0.15) is 26.2 Å². The number of carbonyl (C=O) groups is 3. The third-order valence-electron chi connectivity index (χ3n) is 1.80. The molecule has 0 aromatic heterocycles. The van der Waals surface area contributed by atoms with Crippen LogP contribution in [0.15, 0.2) is 37.0 Å². The first-order valence-electron chi connectivity index (χ1n) is 5.84. The van der Waals surface area contributed by atoms with Crippen molar-refractivity contribution >= 4 is 17.9 Å². The molecule has 0 unspecified atom stereocenters. The molecule has 20 heavy (non-hydrogen) atoms. The van der Waals surface area contributed by atoms with Gasteiger partial charge in [-0.1, -0.05) is 24.8 Å². The van der Waals surface area contributed by atoms with Crippen molar-refractivity contribution < 1.29 is 29.3 Å². The predicted octanol–water partition coefficient (Wildman–Crippen LogP) is 2.17. The number of allylic oxidation sites excluding steroid dienone is 2. The number of esters is 1. The number of carboxylic acid groups (broad SMARTS) is 2. The molecule has 0 bridgehead atoms. The Morgan fingerprint density at radius 1 is 1.05 bits per heavy atom. The molecule has 6 heteroatoms. The number of aliphatic carboxylic acids is 2. The van der Waals surface area contributed by atoms with Gasteiger partial charge in [-0.25, -0.2) is 4.79 Å². The summed E-state index contributed by atoms with van der Waals surface area (Å²) in [5.41, 5.74) is 0.608. The van der Waals surface area contributed by atoms with Crippen LogP contribution in [0.5, 0.6) is 0 Å². The van der Waals surface area contributed by atoms with Crippen molar-refractivity contribution in [2.24, 2.45) is 0 Å². The zero-order valence-electron chi connectivity index (χ0n) is 11.5. The van der Waals surface area contributed by atoms with Gasteiger partial charge in [-0.05, 0) is 13.3 Å². The van der Waals surface area contributed by atoms with Gasteiger partial charge in [0.2, 0.25) is 0 Å². The minimum Gasteiger partial charge on any atom is -0.481 e. The largest absolute Gasteiger partial charge is 0.481 e. The lowest BCUT2D eigenvalue weighted by Gasteiger charge is -2.00. The fourth-order valence-electron chi connectivity index (χ4n) is 0.806. The highest BCUT2D eigenvalue weighted by Crippen LogP contribution is 1.98. The summed E-state index contributed by atoms with van der Waals surface area (Å²) in [4.78, 5) is 30.3. The molecule has 0 aliphatic rings. The molecule has 0 radical (unpaired) electrons. The maximum Gasteiger partial charge on any atom is 0.333 e. The molecule has 0 saturated heterocycles. The summed E-state index contributed by atoms with van der Waals surface area (Å²) >= 11 is 0. The Morgan fingerprint density at radius 3 is 1.90 bits per heavy atom. The molecule has 2 N–H and O–H groups in total. The highest BCUT2D eigenvalue weighted by atomic mass is 16.5. The molecule has 0 amide bonds. The summed E-state index contributed by atoms with van der Waals surface area (Å²) in [6.45, 7) is 8.96. The van der Waals surface area contributed by atoms with E-state index in [1.165, 1.54) is 0 Å². The van der Waals surface area contributed by atoms with Crippen LogP contribution in [-0.2, 0) is 19.1 Å². The fourth-order valence-corrected chi connectivity index (χ4v) is 0.806.